The first-order valence-corrected chi connectivity index (χ1v) is 6.22. The highest BCUT2D eigenvalue weighted by molar-refractivity contribution is 5.30. The molecule has 0 unspecified atom stereocenters. The molecule has 3 heteroatoms. The van der Waals surface area contributed by atoms with Crippen LogP contribution in [-0.4, -0.2) is 13.7 Å². The van der Waals surface area contributed by atoms with Gasteiger partial charge < -0.3 is 10.5 Å². The third kappa shape index (κ3) is 2.60. The second-order valence-corrected chi connectivity index (χ2v) is 5.06. The van der Waals surface area contributed by atoms with Gasteiger partial charge >= 0.3 is 0 Å². The largest absolute Gasteiger partial charge is 0.494 e. The standard InChI is InChI=1S/C14H20FNO/c1-17-13-5-4-11(8-12(13)15)9-14(10-16)6-2-3-7-14/h4-5,8H,2-3,6-7,9-10,16H2,1H3. The van der Waals surface area contributed by atoms with Gasteiger partial charge in [-0.1, -0.05) is 18.9 Å². The van der Waals surface area contributed by atoms with Gasteiger partial charge in [0.15, 0.2) is 11.6 Å². The second kappa shape index (κ2) is 5.05. The molecule has 0 spiro atoms. The van der Waals surface area contributed by atoms with Gasteiger partial charge in [-0.05, 0) is 48.9 Å². The van der Waals surface area contributed by atoms with Crippen LogP contribution in [0.15, 0.2) is 18.2 Å². The van der Waals surface area contributed by atoms with Crippen LogP contribution in [0.2, 0.25) is 0 Å². The first-order valence-electron chi connectivity index (χ1n) is 6.22. The predicted molar refractivity (Wildman–Crippen MR) is 66.6 cm³/mol. The van der Waals surface area contributed by atoms with Crippen LogP contribution < -0.4 is 10.5 Å². The number of rotatable bonds is 4. The molecule has 1 saturated carbocycles. The van der Waals surface area contributed by atoms with E-state index in [-0.39, 0.29) is 11.2 Å². The van der Waals surface area contributed by atoms with Crippen LogP contribution in [0.25, 0.3) is 0 Å². The predicted octanol–water partition coefficient (Wildman–Crippen LogP) is 2.90. The molecular formula is C14H20FNO. The van der Waals surface area contributed by atoms with Gasteiger partial charge in [0.2, 0.25) is 0 Å². The molecule has 0 heterocycles. The van der Waals surface area contributed by atoms with Crippen molar-refractivity contribution in [3.8, 4) is 5.75 Å². The molecule has 2 N–H and O–H groups in total. The summed E-state index contributed by atoms with van der Waals surface area (Å²) >= 11 is 0. The molecule has 2 nitrogen and oxygen atoms in total. The minimum Gasteiger partial charge on any atom is -0.494 e. The van der Waals surface area contributed by atoms with Gasteiger partial charge in [-0.15, -0.1) is 0 Å². The number of hydrogen-bond acceptors (Lipinski definition) is 2. The summed E-state index contributed by atoms with van der Waals surface area (Å²) < 4.78 is 18.5. The lowest BCUT2D eigenvalue weighted by atomic mass is 9.80. The molecule has 94 valence electrons. The van der Waals surface area contributed by atoms with E-state index >= 15 is 0 Å². The van der Waals surface area contributed by atoms with E-state index in [4.69, 9.17) is 10.5 Å². The fourth-order valence-electron chi connectivity index (χ4n) is 2.83. The van der Waals surface area contributed by atoms with Crippen molar-refractivity contribution in [2.75, 3.05) is 13.7 Å². The average Bonchev–Trinajstić information content (AvgIpc) is 2.79. The Labute approximate surface area is 102 Å². The van der Waals surface area contributed by atoms with Gasteiger partial charge in [0, 0.05) is 0 Å². The third-order valence-corrected chi connectivity index (χ3v) is 3.89. The van der Waals surface area contributed by atoms with Crippen LogP contribution in [0.3, 0.4) is 0 Å². The Kier molecular flexibility index (Phi) is 3.67. The van der Waals surface area contributed by atoms with Crippen molar-refractivity contribution >= 4 is 0 Å². The zero-order valence-corrected chi connectivity index (χ0v) is 10.3. The lowest BCUT2D eigenvalue weighted by Gasteiger charge is -2.27. The third-order valence-electron chi connectivity index (χ3n) is 3.89. The molecule has 0 amide bonds. The van der Waals surface area contributed by atoms with E-state index in [2.05, 4.69) is 0 Å². The maximum Gasteiger partial charge on any atom is 0.165 e. The minimum atomic E-state index is -0.282. The molecule has 0 atom stereocenters. The Morgan fingerprint density at radius 1 is 1.35 bits per heavy atom. The van der Waals surface area contributed by atoms with Crippen LogP contribution in [0.5, 0.6) is 5.75 Å². The van der Waals surface area contributed by atoms with E-state index < -0.39 is 0 Å². The highest BCUT2D eigenvalue weighted by Gasteiger charge is 2.32. The van der Waals surface area contributed by atoms with Crippen LogP contribution >= 0.6 is 0 Å². The van der Waals surface area contributed by atoms with Crippen LogP contribution in [0, 0.1) is 11.2 Å². The molecule has 1 aliphatic carbocycles. The van der Waals surface area contributed by atoms with Crippen molar-refractivity contribution in [1.29, 1.82) is 0 Å². The maximum atomic E-state index is 13.6. The monoisotopic (exact) mass is 237 g/mol. The van der Waals surface area contributed by atoms with Crippen molar-refractivity contribution in [2.45, 2.75) is 32.1 Å². The zero-order valence-electron chi connectivity index (χ0n) is 10.3. The van der Waals surface area contributed by atoms with E-state index in [1.807, 2.05) is 6.07 Å². The lowest BCUT2D eigenvalue weighted by molar-refractivity contribution is 0.305. The molecular weight excluding hydrogens is 217 g/mol. The van der Waals surface area contributed by atoms with Crippen LogP contribution in [-0.2, 0) is 6.42 Å². The summed E-state index contributed by atoms with van der Waals surface area (Å²) in [5.74, 6) is 0.0251. The maximum absolute atomic E-state index is 13.6. The highest BCUT2D eigenvalue weighted by atomic mass is 19.1. The van der Waals surface area contributed by atoms with Crippen molar-refractivity contribution in [3.05, 3.63) is 29.6 Å². The highest BCUT2D eigenvalue weighted by Crippen LogP contribution is 2.40. The molecule has 0 saturated heterocycles. The normalized spacial score (nSPS) is 18.3. The molecule has 1 aromatic rings. The van der Waals surface area contributed by atoms with Gasteiger partial charge in [-0.2, -0.15) is 0 Å². The minimum absolute atomic E-state index is 0.195. The van der Waals surface area contributed by atoms with Gasteiger partial charge in [0.25, 0.3) is 0 Å². The summed E-state index contributed by atoms with van der Waals surface area (Å²) in [6.45, 7) is 0.695. The first-order chi connectivity index (χ1) is 8.19. The Morgan fingerprint density at radius 3 is 2.59 bits per heavy atom. The van der Waals surface area contributed by atoms with Crippen molar-refractivity contribution in [1.82, 2.24) is 0 Å². The number of halogens is 1. The summed E-state index contributed by atoms with van der Waals surface area (Å²) in [6.07, 6.45) is 5.70. The first kappa shape index (κ1) is 12.4. The smallest absolute Gasteiger partial charge is 0.165 e. The van der Waals surface area contributed by atoms with E-state index in [9.17, 15) is 4.39 Å². The number of methoxy groups -OCH3 is 1. The molecule has 1 aromatic carbocycles. The molecule has 0 bridgehead atoms. The second-order valence-electron chi connectivity index (χ2n) is 5.06. The summed E-state index contributed by atoms with van der Waals surface area (Å²) in [5.41, 5.74) is 7.11. The van der Waals surface area contributed by atoms with E-state index in [0.29, 0.717) is 12.3 Å². The quantitative estimate of drug-likeness (QED) is 0.874. The number of nitrogens with two attached hydrogens (primary N) is 1. The SMILES string of the molecule is COc1ccc(CC2(CN)CCCC2)cc1F. The van der Waals surface area contributed by atoms with Crippen molar-refractivity contribution in [3.63, 3.8) is 0 Å². The van der Waals surface area contributed by atoms with E-state index in [1.54, 1.807) is 12.1 Å². The van der Waals surface area contributed by atoms with Crippen LogP contribution in [0.4, 0.5) is 4.39 Å². The Bertz CT molecular complexity index is 386. The number of hydrogen-bond donors (Lipinski definition) is 1. The summed E-state index contributed by atoms with van der Waals surface area (Å²) in [6, 6.07) is 5.22. The average molecular weight is 237 g/mol. The molecule has 0 aliphatic heterocycles. The molecule has 0 aromatic heterocycles. The summed E-state index contributed by atoms with van der Waals surface area (Å²) in [4.78, 5) is 0. The lowest BCUT2D eigenvalue weighted by Crippen LogP contribution is -2.29. The zero-order chi connectivity index (χ0) is 12.3. The van der Waals surface area contributed by atoms with Gasteiger partial charge in [-0.25, -0.2) is 4.39 Å². The molecule has 0 radical (unpaired) electrons. The topological polar surface area (TPSA) is 35.2 Å². The van der Waals surface area contributed by atoms with E-state index in [1.165, 1.54) is 20.0 Å². The van der Waals surface area contributed by atoms with Gasteiger partial charge in [0.05, 0.1) is 7.11 Å². The van der Waals surface area contributed by atoms with Crippen molar-refractivity contribution in [2.24, 2.45) is 11.1 Å². The molecule has 17 heavy (non-hydrogen) atoms. The Balaban J connectivity index is 2.15. The molecule has 2 rings (SSSR count). The van der Waals surface area contributed by atoms with Gasteiger partial charge in [0.1, 0.15) is 0 Å². The fourth-order valence-corrected chi connectivity index (χ4v) is 2.83. The van der Waals surface area contributed by atoms with Crippen LogP contribution in [0.1, 0.15) is 31.2 Å². The summed E-state index contributed by atoms with van der Waals surface area (Å²) in [5, 5.41) is 0. The Hall–Kier alpha value is -1.09. The molecule has 1 fully saturated rings. The van der Waals surface area contributed by atoms with Gasteiger partial charge in [-0.3, -0.25) is 0 Å². The van der Waals surface area contributed by atoms with E-state index in [0.717, 1.165) is 24.8 Å². The fraction of sp³-hybridized carbons (Fsp3) is 0.571. The molecule has 1 aliphatic rings. The number of ether oxygens (including phenoxy) is 1. The Morgan fingerprint density at radius 2 is 2.06 bits per heavy atom. The summed E-state index contributed by atoms with van der Waals surface area (Å²) in [7, 11) is 1.48. The number of benzene rings is 1. The van der Waals surface area contributed by atoms with Crippen molar-refractivity contribution < 1.29 is 9.13 Å².